The number of pyridine rings is 1. The van der Waals surface area contributed by atoms with E-state index in [1.165, 1.54) is 0 Å². The highest BCUT2D eigenvalue weighted by Crippen LogP contribution is 2.28. The molecule has 7 heteroatoms. The summed E-state index contributed by atoms with van der Waals surface area (Å²) in [6.07, 6.45) is -5.94. The van der Waals surface area contributed by atoms with Gasteiger partial charge in [-0.3, -0.25) is 4.98 Å². The molecule has 3 nitrogen and oxygen atoms in total. The first-order valence-electron chi connectivity index (χ1n) is 4.31. The van der Waals surface area contributed by atoms with E-state index in [0.29, 0.717) is 0 Å². The van der Waals surface area contributed by atoms with Crippen molar-refractivity contribution in [3.05, 3.63) is 29.6 Å². The molecule has 1 aromatic heterocycles. The van der Waals surface area contributed by atoms with Gasteiger partial charge in [-0.25, -0.2) is 0 Å². The molecule has 0 aromatic carbocycles. The Balaban J connectivity index is 2.87. The lowest BCUT2D eigenvalue weighted by Gasteiger charge is -2.15. The predicted octanol–water partition coefficient (Wildman–Crippen LogP) is 1.89. The zero-order valence-electron chi connectivity index (χ0n) is 7.95. The number of aliphatic hydroxyl groups excluding tert-OH is 2. The Morgan fingerprint density at radius 2 is 1.94 bits per heavy atom. The molecule has 1 aromatic rings. The summed E-state index contributed by atoms with van der Waals surface area (Å²) in [5.74, 6) is 0. The van der Waals surface area contributed by atoms with E-state index in [2.05, 4.69) is 20.9 Å². The molecule has 2 atom stereocenters. The first-order chi connectivity index (χ1) is 7.36. The summed E-state index contributed by atoms with van der Waals surface area (Å²) in [5.41, 5.74) is -0.892. The van der Waals surface area contributed by atoms with Crippen molar-refractivity contribution in [3.8, 4) is 0 Å². The van der Waals surface area contributed by atoms with Gasteiger partial charge >= 0.3 is 6.18 Å². The molecule has 2 unspecified atom stereocenters. The second-order valence-electron chi connectivity index (χ2n) is 3.14. The number of hydrogen-bond acceptors (Lipinski definition) is 3. The summed E-state index contributed by atoms with van der Waals surface area (Å²) in [4.78, 5) is 3.18. The van der Waals surface area contributed by atoms with Crippen molar-refractivity contribution in [1.29, 1.82) is 0 Å². The van der Waals surface area contributed by atoms with E-state index in [1.54, 1.807) is 0 Å². The Kier molecular flexibility index (Phi) is 4.28. The Bertz CT molecular complexity index is 342. The van der Waals surface area contributed by atoms with E-state index < -0.39 is 24.1 Å². The summed E-state index contributed by atoms with van der Waals surface area (Å²) >= 11 is 2.95. The zero-order valence-corrected chi connectivity index (χ0v) is 9.53. The summed E-state index contributed by atoms with van der Waals surface area (Å²) in [7, 11) is 0. The Morgan fingerprint density at radius 3 is 2.31 bits per heavy atom. The van der Waals surface area contributed by atoms with Gasteiger partial charge in [0.15, 0.2) is 0 Å². The van der Waals surface area contributed by atoms with Crippen LogP contribution in [0.5, 0.6) is 0 Å². The van der Waals surface area contributed by atoms with Crippen LogP contribution in [0.2, 0.25) is 0 Å². The molecule has 0 fully saturated rings. The molecular formula is C9H9BrF3NO2. The second kappa shape index (κ2) is 5.11. The smallest absolute Gasteiger partial charge is 0.389 e. The largest absolute Gasteiger partial charge is 0.433 e. The predicted molar refractivity (Wildman–Crippen MR) is 54.0 cm³/mol. The average Bonchev–Trinajstić information content (AvgIpc) is 2.26. The number of hydrogen-bond donors (Lipinski definition) is 2. The highest BCUT2D eigenvalue weighted by Gasteiger charge is 2.32. The molecule has 0 radical (unpaired) electrons. The molecule has 0 bridgehead atoms. The van der Waals surface area contributed by atoms with Crippen molar-refractivity contribution in [1.82, 2.24) is 4.98 Å². The van der Waals surface area contributed by atoms with Crippen LogP contribution >= 0.6 is 15.9 Å². The molecule has 0 aliphatic heterocycles. The number of nitrogens with zero attached hydrogens (tertiary/aromatic N) is 1. The second-order valence-corrected chi connectivity index (χ2v) is 3.79. The average molecular weight is 300 g/mol. The lowest BCUT2D eigenvalue weighted by Crippen LogP contribution is -2.20. The number of aliphatic hydroxyl groups is 2. The van der Waals surface area contributed by atoms with Crippen molar-refractivity contribution >= 4 is 15.9 Å². The minimum atomic E-state index is -4.50. The van der Waals surface area contributed by atoms with Crippen LogP contribution < -0.4 is 0 Å². The minimum Gasteiger partial charge on any atom is -0.389 e. The summed E-state index contributed by atoms with van der Waals surface area (Å²) in [6, 6.07) is 1.85. The Labute approximate surface area is 98.1 Å². The van der Waals surface area contributed by atoms with Crippen molar-refractivity contribution in [2.45, 2.75) is 18.4 Å². The third-order valence-corrected chi connectivity index (χ3v) is 2.60. The van der Waals surface area contributed by atoms with Gasteiger partial charge < -0.3 is 10.2 Å². The van der Waals surface area contributed by atoms with Gasteiger partial charge in [-0.2, -0.15) is 13.2 Å². The van der Waals surface area contributed by atoms with E-state index in [-0.39, 0.29) is 10.9 Å². The van der Waals surface area contributed by atoms with Gasteiger partial charge in [-0.15, -0.1) is 0 Å². The minimum absolute atomic E-state index is 0.120. The van der Waals surface area contributed by atoms with E-state index in [0.717, 1.165) is 18.3 Å². The zero-order chi connectivity index (χ0) is 12.3. The SMILES string of the molecule is OC(CBr)C(O)c1ccc(C(F)(F)F)nc1. The molecule has 1 heterocycles. The lowest BCUT2D eigenvalue weighted by atomic mass is 10.1. The van der Waals surface area contributed by atoms with Crippen LogP contribution in [0, 0.1) is 0 Å². The van der Waals surface area contributed by atoms with Gasteiger partial charge in [0.05, 0.1) is 6.10 Å². The third kappa shape index (κ3) is 3.16. The van der Waals surface area contributed by atoms with Crippen LogP contribution in [0.25, 0.3) is 0 Å². The van der Waals surface area contributed by atoms with Crippen molar-refractivity contribution in [2.24, 2.45) is 0 Å². The number of alkyl halides is 4. The van der Waals surface area contributed by atoms with E-state index >= 15 is 0 Å². The van der Waals surface area contributed by atoms with Crippen LogP contribution in [0.15, 0.2) is 18.3 Å². The van der Waals surface area contributed by atoms with Gasteiger partial charge in [0.25, 0.3) is 0 Å². The fourth-order valence-electron chi connectivity index (χ4n) is 1.05. The molecule has 16 heavy (non-hydrogen) atoms. The molecule has 2 N–H and O–H groups in total. The van der Waals surface area contributed by atoms with Crippen LogP contribution in [0.1, 0.15) is 17.4 Å². The number of aromatic nitrogens is 1. The maximum absolute atomic E-state index is 12.2. The fraction of sp³-hybridized carbons (Fsp3) is 0.444. The molecule has 0 saturated heterocycles. The van der Waals surface area contributed by atoms with Gasteiger partial charge in [0.1, 0.15) is 11.8 Å². The van der Waals surface area contributed by atoms with E-state index in [1.807, 2.05) is 0 Å². The normalized spacial score (nSPS) is 15.9. The third-order valence-electron chi connectivity index (χ3n) is 1.94. The van der Waals surface area contributed by atoms with Crippen LogP contribution in [-0.2, 0) is 6.18 Å². The van der Waals surface area contributed by atoms with Gasteiger partial charge in [0.2, 0.25) is 0 Å². The highest BCUT2D eigenvalue weighted by molar-refractivity contribution is 9.09. The molecule has 0 aliphatic rings. The van der Waals surface area contributed by atoms with Crippen LogP contribution in [0.3, 0.4) is 0 Å². The molecule has 0 spiro atoms. The summed E-state index contributed by atoms with van der Waals surface area (Å²) in [5, 5.41) is 18.9. The van der Waals surface area contributed by atoms with E-state index in [9.17, 15) is 23.4 Å². The highest BCUT2D eigenvalue weighted by atomic mass is 79.9. The number of halogens is 4. The first kappa shape index (κ1) is 13.4. The van der Waals surface area contributed by atoms with Crippen molar-refractivity contribution in [2.75, 3.05) is 5.33 Å². The number of rotatable bonds is 3. The quantitative estimate of drug-likeness (QED) is 0.838. The first-order valence-corrected chi connectivity index (χ1v) is 5.43. The maximum atomic E-state index is 12.2. The van der Waals surface area contributed by atoms with Gasteiger partial charge in [0, 0.05) is 17.1 Å². The lowest BCUT2D eigenvalue weighted by molar-refractivity contribution is -0.141. The van der Waals surface area contributed by atoms with Crippen LogP contribution in [-0.4, -0.2) is 26.6 Å². The van der Waals surface area contributed by atoms with E-state index in [4.69, 9.17) is 0 Å². The molecule has 0 amide bonds. The van der Waals surface area contributed by atoms with Gasteiger partial charge in [-0.05, 0) is 6.07 Å². The van der Waals surface area contributed by atoms with Gasteiger partial charge in [-0.1, -0.05) is 22.0 Å². The molecular weight excluding hydrogens is 291 g/mol. The van der Waals surface area contributed by atoms with Crippen LogP contribution in [0.4, 0.5) is 13.2 Å². The topological polar surface area (TPSA) is 53.4 Å². The summed E-state index contributed by atoms with van der Waals surface area (Å²) in [6.45, 7) is 0. The molecule has 90 valence electrons. The maximum Gasteiger partial charge on any atom is 0.433 e. The monoisotopic (exact) mass is 299 g/mol. The summed E-state index contributed by atoms with van der Waals surface area (Å²) < 4.78 is 36.5. The van der Waals surface area contributed by atoms with Crippen molar-refractivity contribution < 1.29 is 23.4 Å². The Hall–Kier alpha value is -0.660. The molecule has 0 aliphatic carbocycles. The molecule has 1 rings (SSSR count). The standard InChI is InChI=1S/C9H9BrF3NO2/c10-3-6(15)8(16)5-1-2-7(14-4-5)9(11,12)13/h1-2,4,6,8,15-16H,3H2. The Morgan fingerprint density at radius 1 is 1.31 bits per heavy atom. The fourth-order valence-corrected chi connectivity index (χ4v) is 1.41. The van der Waals surface area contributed by atoms with Crippen molar-refractivity contribution in [3.63, 3.8) is 0 Å². The molecule has 0 saturated carbocycles.